The summed E-state index contributed by atoms with van der Waals surface area (Å²) >= 11 is 6.44. The van der Waals surface area contributed by atoms with E-state index in [0.717, 1.165) is 29.0 Å². The zero-order valence-electron chi connectivity index (χ0n) is 43.2. The van der Waals surface area contributed by atoms with Crippen molar-refractivity contribution in [3.63, 3.8) is 0 Å². The van der Waals surface area contributed by atoms with Crippen molar-refractivity contribution in [2.24, 2.45) is 15.3 Å². The number of hydrogen-bond donors (Lipinski definition) is 11. The molecule has 6 rings (SSSR count). The summed E-state index contributed by atoms with van der Waals surface area (Å²) in [4.78, 5) is 71.4. The van der Waals surface area contributed by atoms with Gasteiger partial charge >= 0.3 is 0 Å². The van der Waals surface area contributed by atoms with E-state index in [-0.39, 0.29) is 24.0 Å². The summed E-state index contributed by atoms with van der Waals surface area (Å²) in [5, 5.41) is 65.6. The molecule has 6 aromatic rings. The maximum atomic E-state index is 12.2. The standard InChI is InChI=1S/C20H22N4O4.C19H19N3O5.C18H14Br2N2O4/c1-24(11-12-25)18-8-5-16(6-9-18)14-21-22-20(27)17-4-2-3-15(13-17)7-10-19(26)23-28;1-2-27-17-11-14(6-8-16(17)23)12-20-21-19(25)15-5-3-4-13(10-15)7-9-18(24)22-26;19-15-7-12(8-16(20)17(15)25)9-21-22-18(26)13-4-1-11(2-5-13)3-6-14(24)10-23/h2-10,13-14,25,28H,11-12H2,1H3,(H,22,27)(H,23,26);3-12,23,26H,2H2,1H3,(H,21,25)(H,22,24);1-9,23,25H,10H2,(H,22,26)/b10-7+,21-14+;9-7+,20-12+;6-3+,21-9+. The molecule has 420 valence electrons. The van der Waals surface area contributed by atoms with Gasteiger partial charge in [0.15, 0.2) is 17.3 Å². The number of aliphatic hydroxyl groups excluding tert-OH is 2. The van der Waals surface area contributed by atoms with Gasteiger partial charge in [0.25, 0.3) is 29.5 Å². The number of phenols is 2. The van der Waals surface area contributed by atoms with Crippen LogP contribution in [0, 0.1) is 0 Å². The predicted molar refractivity (Wildman–Crippen MR) is 313 cm³/mol. The van der Waals surface area contributed by atoms with E-state index < -0.39 is 36.0 Å². The molecule has 11 N–H and O–H groups in total. The van der Waals surface area contributed by atoms with Gasteiger partial charge < -0.3 is 30.1 Å². The van der Waals surface area contributed by atoms with Gasteiger partial charge in [0, 0.05) is 48.1 Å². The van der Waals surface area contributed by atoms with E-state index in [1.807, 2.05) is 36.2 Å². The van der Waals surface area contributed by atoms with Crippen LogP contribution in [0.4, 0.5) is 5.69 Å². The van der Waals surface area contributed by atoms with Crippen LogP contribution in [0.1, 0.15) is 71.4 Å². The number of amides is 5. The van der Waals surface area contributed by atoms with Crippen molar-refractivity contribution in [3.05, 3.63) is 205 Å². The number of hydroxylamine groups is 2. The molecule has 0 saturated heterocycles. The van der Waals surface area contributed by atoms with Gasteiger partial charge in [-0.05, 0) is 169 Å². The number of rotatable bonds is 21. The quantitative estimate of drug-likeness (QED) is 0.0154. The number of benzene rings is 6. The lowest BCUT2D eigenvalue weighted by atomic mass is 10.1. The highest BCUT2D eigenvalue weighted by Crippen LogP contribution is 2.33. The molecule has 0 radical (unpaired) electrons. The van der Waals surface area contributed by atoms with Gasteiger partial charge in [0.2, 0.25) is 0 Å². The van der Waals surface area contributed by atoms with Gasteiger partial charge in [-0.15, -0.1) is 0 Å². The van der Waals surface area contributed by atoms with E-state index in [1.165, 1.54) is 53.9 Å². The molecule has 0 atom stereocenters. The van der Waals surface area contributed by atoms with Crippen molar-refractivity contribution in [2.45, 2.75) is 6.92 Å². The monoisotopic (exact) mass is 1230 g/mol. The lowest BCUT2D eigenvalue weighted by Crippen LogP contribution is -2.20. The fourth-order valence-corrected chi connectivity index (χ4v) is 7.52. The van der Waals surface area contributed by atoms with Gasteiger partial charge in [-0.25, -0.2) is 27.2 Å². The predicted octanol–water partition coefficient (Wildman–Crippen LogP) is 6.73. The Balaban J connectivity index is 0.000000262. The fourth-order valence-electron chi connectivity index (χ4n) is 6.30. The Labute approximate surface area is 481 Å². The first-order valence-corrected chi connectivity index (χ1v) is 25.5. The average Bonchev–Trinajstić information content (AvgIpc) is 3.50. The summed E-state index contributed by atoms with van der Waals surface area (Å²) in [5.74, 6) is -2.50. The Morgan fingerprint density at radius 2 is 1.02 bits per heavy atom. The number of likely N-dealkylation sites (N-methyl/N-ethyl adjacent to an activating group) is 1. The van der Waals surface area contributed by atoms with Crippen LogP contribution >= 0.6 is 31.9 Å². The van der Waals surface area contributed by atoms with Crippen molar-refractivity contribution < 1.29 is 64.3 Å². The number of aromatic hydroxyl groups is 2. The Bertz CT molecular complexity index is 3290. The average molecular weight is 1230 g/mol. The number of halogens is 2. The molecule has 22 nitrogen and oxygen atoms in total. The van der Waals surface area contributed by atoms with Crippen molar-refractivity contribution in [3.8, 4) is 17.2 Å². The second kappa shape index (κ2) is 34.5. The summed E-state index contributed by atoms with van der Waals surface area (Å²) in [6, 6.07) is 35.2. The molecule has 0 bridgehead atoms. The lowest BCUT2D eigenvalue weighted by Gasteiger charge is -2.17. The van der Waals surface area contributed by atoms with Gasteiger partial charge in [0.1, 0.15) is 12.4 Å². The molecule has 0 aromatic heterocycles. The molecular weight excluding hydrogens is 1180 g/mol. The topological polar surface area (TPSA) is 334 Å². The Hall–Kier alpha value is -9.43. The molecule has 0 aliphatic carbocycles. The first kappa shape index (κ1) is 64.1. The smallest absolute Gasteiger partial charge is 0.271 e. The number of phenolic OH excluding ortho intramolecular Hbond substituents is 2. The largest absolute Gasteiger partial charge is 0.506 e. The second-order valence-electron chi connectivity index (χ2n) is 16.3. The summed E-state index contributed by atoms with van der Waals surface area (Å²) in [6.45, 7) is 2.30. The van der Waals surface area contributed by atoms with Crippen LogP contribution in [-0.2, 0) is 14.4 Å². The highest BCUT2D eigenvalue weighted by Gasteiger charge is 2.09. The Morgan fingerprint density at radius 1 is 0.556 bits per heavy atom. The minimum atomic E-state index is -0.672. The Kier molecular flexibility index (Phi) is 27.3. The summed E-state index contributed by atoms with van der Waals surface area (Å²) in [7, 11) is 1.89. The van der Waals surface area contributed by atoms with E-state index in [1.54, 1.807) is 110 Å². The van der Waals surface area contributed by atoms with E-state index in [2.05, 4.69) is 63.4 Å². The van der Waals surface area contributed by atoms with Crippen molar-refractivity contribution >= 4 is 110 Å². The minimum Gasteiger partial charge on any atom is -0.506 e. The molecule has 0 unspecified atom stereocenters. The van der Waals surface area contributed by atoms with E-state index in [9.17, 15) is 39.0 Å². The van der Waals surface area contributed by atoms with Crippen LogP contribution in [-0.4, -0.2) is 118 Å². The molecule has 0 fully saturated rings. The summed E-state index contributed by atoms with van der Waals surface area (Å²) in [6.07, 6.45) is 12.4. The fraction of sp³-hybridized carbons (Fsp3) is 0.105. The first-order chi connectivity index (χ1) is 39.0. The third kappa shape index (κ3) is 22.8. The van der Waals surface area contributed by atoms with Crippen LogP contribution in [0.25, 0.3) is 18.2 Å². The normalized spacial score (nSPS) is 11.0. The summed E-state index contributed by atoms with van der Waals surface area (Å²) in [5.41, 5.74) is 16.4. The number of hydrazone groups is 3. The molecule has 24 heteroatoms. The number of hydrogen-bond acceptors (Lipinski definition) is 17. The number of aliphatic hydroxyl groups is 2. The maximum Gasteiger partial charge on any atom is 0.271 e. The molecule has 6 aromatic carbocycles. The molecule has 0 spiro atoms. The second-order valence-corrected chi connectivity index (χ2v) is 18.0. The molecule has 81 heavy (non-hydrogen) atoms. The third-order valence-corrected chi connectivity index (χ3v) is 11.6. The van der Waals surface area contributed by atoms with Gasteiger partial charge in [-0.1, -0.05) is 54.6 Å². The van der Waals surface area contributed by atoms with E-state index in [4.69, 9.17) is 25.4 Å². The number of nitrogens with zero attached hydrogens (tertiary/aromatic N) is 4. The third-order valence-electron chi connectivity index (χ3n) is 10.4. The van der Waals surface area contributed by atoms with E-state index >= 15 is 0 Å². The molecular formula is C57H55Br2N9O13. The van der Waals surface area contributed by atoms with E-state index in [0.29, 0.717) is 66.8 Å². The number of carbonyl (C=O) groups excluding carboxylic acids is 6. The molecule has 0 aliphatic heterocycles. The number of nitrogens with one attached hydrogen (secondary N) is 5. The first-order valence-electron chi connectivity index (χ1n) is 23.9. The number of ketones is 1. The van der Waals surface area contributed by atoms with Gasteiger partial charge in [0.05, 0.1) is 40.8 Å². The molecule has 5 amide bonds. The van der Waals surface area contributed by atoms with Crippen LogP contribution < -0.4 is 36.9 Å². The van der Waals surface area contributed by atoms with Gasteiger partial charge in [-0.2, -0.15) is 15.3 Å². The lowest BCUT2D eigenvalue weighted by molar-refractivity contribution is -0.124. The minimum absolute atomic E-state index is 0.0257. The van der Waals surface area contributed by atoms with Crippen LogP contribution in [0.2, 0.25) is 0 Å². The van der Waals surface area contributed by atoms with Crippen molar-refractivity contribution in [1.29, 1.82) is 0 Å². The zero-order valence-corrected chi connectivity index (χ0v) is 46.4. The number of ether oxygens (including phenoxy) is 1. The molecule has 0 aliphatic rings. The summed E-state index contributed by atoms with van der Waals surface area (Å²) < 4.78 is 6.29. The van der Waals surface area contributed by atoms with Gasteiger partial charge in [-0.3, -0.25) is 39.2 Å². The van der Waals surface area contributed by atoms with Crippen LogP contribution in [0.15, 0.2) is 170 Å². The van der Waals surface area contributed by atoms with Crippen LogP contribution in [0.3, 0.4) is 0 Å². The van der Waals surface area contributed by atoms with Crippen LogP contribution in [0.5, 0.6) is 17.2 Å². The molecule has 0 heterocycles. The van der Waals surface area contributed by atoms with Crippen molar-refractivity contribution in [1.82, 2.24) is 27.2 Å². The highest BCUT2D eigenvalue weighted by atomic mass is 79.9. The number of carbonyl (C=O) groups is 6. The number of anilines is 1. The Morgan fingerprint density at radius 3 is 1.52 bits per heavy atom. The molecule has 0 saturated carbocycles. The highest BCUT2D eigenvalue weighted by molar-refractivity contribution is 9.11. The SMILES string of the molecule is CCOc1cc(/C=N/NC(=O)c2cccc(/C=C/C(=O)NO)c2)ccc1O.CN(CCO)c1ccc(/C=N/NC(=O)c2cccc(/C=C/C(=O)NO)c2)cc1.O=C(/C=C/c1ccc(C(=O)N/N=C/c2cc(Br)c(O)c(Br)c2)cc1)CO. The maximum absolute atomic E-state index is 12.2. The van der Waals surface area contributed by atoms with Crippen molar-refractivity contribution in [2.75, 3.05) is 38.3 Å². The zero-order chi connectivity index (χ0) is 59.1.